The SMILES string of the molecule is CCc1cccc2c(/C=C3\SC(=S)N(CC)C3=O)cn(CC(=O)N3CCCC3)c12. The molecule has 152 valence electrons. The first-order chi connectivity index (χ1) is 14.0. The minimum atomic E-state index is -0.0387. The van der Waals surface area contributed by atoms with Crippen molar-refractivity contribution in [3.8, 4) is 0 Å². The molecule has 0 aliphatic carbocycles. The summed E-state index contributed by atoms with van der Waals surface area (Å²) < 4.78 is 2.66. The van der Waals surface area contributed by atoms with Crippen LogP contribution in [0.3, 0.4) is 0 Å². The smallest absolute Gasteiger partial charge is 0.266 e. The average Bonchev–Trinajstić information content (AvgIpc) is 3.42. The fraction of sp³-hybridized carbons (Fsp3) is 0.409. The fourth-order valence-corrected chi connectivity index (χ4v) is 5.49. The van der Waals surface area contributed by atoms with Crippen molar-refractivity contribution in [2.75, 3.05) is 19.6 Å². The largest absolute Gasteiger partial charge is 0.341 e. The van der Waals surface area contributed by atoms with Crippen LogP contribution in [0.1, 0.15) is 37.8 Å². The molecule has 0 unspecified atom stereocenters. The maximum Gasteiger partial charge on any atom is 0.266 e. The Labute approximate surface area is 180 Å². The molecule has 7 heteroatoms. The number of rotatable bonds is 5. The summed E-state index contributed by atoms with van der Waals surface area (Å²) in [6, 6.07) is 6.22. The normalized spacial score (nSPS) is 18.6. The van der Waals surface area contributed by atoms with Crippen LogP contribution in [0.2, 0.25) is 0 Å². The van der Waals surface area contributed by atoms with Gasteiger partial charge in [0.1, 0.15) is 10.9 Å². The molecule has 1 aromatic carbocycles. The monoisotopic (exact) mass is 427 g/mol. The van der Waals surface area contributed by atoms with E-state index in [1.165, 1.54) is 17.3 Å². The topological polar surface area (TPSA) is 45.6 Å². The molecule has 3 heterocycles. The highest BCUT2D eigenvalue weighted by Crippen LogP contribution is 2.35. The summed E-state index contributed by atoms with van der Waals surface area (Å²) in [5.41, 5.74) is 3.25. The van der Waals surface area contributed by atoms with Crippen molar-refractivity contribution in [3.63, 3.8) is 0 Å². The maximum absolute atomic E-state index is 12.8. The number of carbonyl (C=O) groups is 2. The van der Waals surface area contributed by atoms with E-state index >= 15 is 0 Å². The Morgan fingerprint density at radius 3 is 2.66 bits per heavy atom. The number of aryl methyl sites for hydroxylation is 1. The number of benzene rings is 1. The highest BCUT2D eigenvalue weighted by atomic mass is 32.2. The number of hydrogen-bond acceptors (Lipinski definition) is 4. The number of nitrogens with zero attached hydrogens (tertiary/aromatic N) is 3. The summed E-state index contributed by atoms with van der Waals surface area (Å²) in [6.07, 6.45) is 6.99. The van der Waals surface area contributed by atoms with E-state index in [-0.39, 0.29) is 11.8 Å². The lowest BCUT2D eigenvalue weighted by atomic mass is 10.1. The Morgan fingerprint density at radius 2 is 2.00 bits per heavy atom. The molecule has 0 radical (unpaired) electrons. The standard InChI is InChI=1S/C22H25N3O2S2/c1-3-15-8-7-9-17-16(12-18-21(27)25(4-2)22(28)29-18)13-24(20(15)17)14-19(26)23-10-5-6-11-23/h7-9,12-13H,3-6,10-11,14H2,1-2H3/b18-12-. The van der Waals surface area contributed by atoms with Crippen LogP contribution in [0.4, 0.5) is 0 Å². The molecular weight excluding hydrogens is 402 g/mol. The molecule has 2 fully saturated rings. The van der Waals surface area contributed by atoms with Gasteiger partial charge in [0.15, 0.2) is 0 Å². The molecule has 0 saturated carbocycles. The molecule has 2 saturated heterocycles. The Balaban J connectivity index is 1.75. The zero-order valence-corrected chi connectivity index (χ0v) is 18.4. The van der Waals surface area contributed by atoms with E-state index < -0.39 is 0 Å². The van der Waals surface area contributed by atoms with Crippen LogP contribution in [-0.4, -0.2) is 50.1 Å². The summed E-state index contributed by atoms with van der Waals surface area (Å²) in [7, 11) is 0. The fourth-order valence-electron chi connectivity index (χ4n) is 4.12. The molecule has 4 rings (SSSR count). The molecule has 2 aliphatic rings. The lowest BCUT2D eigenvalue weighted by Gasteiger charge is -2.16. The molecule has 0 atom stereocenters. The van der Waals surface area contributed by atoms with E-state index in [9.17, 15) is 9.59 Å². The Morgan fingerprint density at radius 1 is 1.24 bits per heavy atom. The van der Waals surface area contributed by atoms with Gasteiger partial charge in [0.25, 0.3) is 5.91 Å². The zero-order chi connectivity index (χ0) is 20.5. The second kappa shape index (κ2) is 8.32. The minimum Gasteiger partial charge on any atom is -0.341 e. The van der Waals surface area contributed by atoms with Crippen molar-refractivity contribution < 1.29 is 9.59 Å². The average molecular weight is 428 g/mol. The molecule has 0 N–H and O–H groups in total. The van der Waals surface area contributed by atoms with E-state index in [1.807, 2.05) is 30.2 Å². The van der Waals surface area contributed by atoms with Gasteiger partial charge in [-0.3, -0.25) is 14.5 Å². The third-order valence-corrected chi connectivity index (χ3v) is 7.01. The number of likely N-dealkylation sites (N-methyl/N-ethyl adjacent to an activating group) is 1. The molecule has 5 nitrogen and oxygen atoms in total. The van der Waals surface area contributed by atoms with Gasteiger partial charge >= 0.3 is 0 Å². The van der Waals surface area contributed by atoms with Gasteiger partial charge in [-0.2, -0.15) is 0 Å². The number of hydrogen-bond donors (Lipinski definition) is 0. The number of thiocarbonyl (C=S) groups is 1. The molecular formula is C22H25N3O2S2. The number of amides is 2. The summed E-state index contributed by atoms with van der Waals surface area (Å²) >= 11 is 6.69. The summed E-state index contributed by atoms with van der Waals surface area (Å²) in [4.78, 5) is 29.7. The van der Waals surface area contributed by atoms with Gasteiger partial charge in [0.05, 0.1) is 10.4 Å². The molecule has 0 bridgehead atoms. The quantitative estimate of drug-likeness (QED) is 0.534. The Hall–Kier alpha value is -2.12. The van der Waals surface area contributed by atoms with Gasteiger partial charge in [-0.1, -0.05) is 49.1 Å². The predicted molar refractivity (Wildman–Crippen MR) is 123 cm³/mol. The number of para-hydroxylation sites is 1. The molecule has 0 spiro atoms. The number of aromatic nitrogens is 1. The summed E-state index contributed by atoms with van der Waals surface area (Å²) in [5, 5.41) is 1.07. The van der Waals surface area contributed by atoms with E-state index in [4.69, 9.17) is 12.2 Å². The van der Waals surface area contributed by atoms with Crippen LogP contribution in [0.25, 0.3) is 17.0 Å². The van der Waals surface area contributed by atoms with Crippen molar-refractivity contribution in [2.45, 2.75) is 39.7 Å². The van der Waals surface area contributed by atoms with Crippen LogP contribution < -0.4 is 0 Å². The molecule has 2 amide bonds. The van der Waals surface area contributed by atoms with Gasteiger partial charge in [0, 0.05) is 36.8 Å². The zero-order valence-electron chi connectivity index (χ0n) is 16.8. The van der Waals surface area contributed by atoms with Gasteiger partial charge in [-0.05, 0) is 37.8 Å². The van der Waals surface area contributed by atoms with Crippen LogP contribution >= 0.6 is 24.0 Å². The number of fused-ring (bicyclic) bond motifs is 1. The Bertz CT molecular complexity index is 1020. The van der Waals surface area contributed by atoms with Crippen molar-refractivity contribution in [2.24, 2.45) is 0 Å². The predicted octanol–water partition coefficient (Wildman–Crippen LogP) is 4.05. The van der Waals surface area contributed by atoms with Crippen molar-refractivity contribution in [3.05, 3.63) is 40.4 Å². The third kappa shape index (κ3) is 3.73. The highest BCUT2D eigenvalue weighted by molar-refractivity contribution is 8.26. The van der Waals surface area contributed by atoms with Gasteiger partial charge in [-0.15, -0.1) is 0 Å². The van der Waals surface area contributed by atoms with E-state index in [1.54, 1.807) is 4.90 Å². The molecule has 29 heavy (non-hydrogen) atoms. The molecule has 2 aliphatic heterocycles. The van der Waals surface area contributed by atoms with Crippen LogP contribution in [-0.2, 0) is 22.6 Å². The van der Waals surface area contributed by atoms with Crippen molar-refractivity contribution in [1.82, 2.24) is 14.4 Å². The van der Waals surface area contributed by atoms with Crippen molar-refractivity contribution >= 4 is 57.1 Å². The first-order valence-electron chi connectivity index (χ1n) is 10.2. The van der Waals surface area contributed by atoms with Gasteiger partial charge in [-0.25, -0.2) is 0 Å². The number of likely N-dealkylation sites (tertiary alicyclic amines) is 1. The first-order valence-corrected chi connectivity index (χ1v) is 11.4. The lowest BCUT2D eigenvalue weighted by Crippen LogP contribution is -2.30. The second-order valence-electron chi connectivity index (χ2n) is 7.39. The minimum absolute atomic E-state index is 0.0387. The second-order valence-corrected chi connectivity index (χ2v) is 9.07. The van der Waals surface area contributed by atoms with Crippen LogP contribution in [0.15, 0.2) is 29.3 Å². The van der Waals surface area contributed by atoms with Crippen LogP contribution in [0.5, 0.6) is 0 Å². The third-order valence-electron chi connectivity index (χ3n) is 5.63. The summed E-state index contributed by atoms with van der Waals surface area (Å²) in [6.45, 7) is 6.67. The Kier molecular flexibility index (Phi) is 5.79. The number of carbonyl (C=O) groups excluding carboxylic acids is 2. The van der Waals surface area contributed by atoms with Gasteiger partial charge in [0.2, 0.25) is 5.91 Å². The van der Waals surface area contributed by atoms with E-state index in [2.05, 4.69) is 23.6 Å². The maximum atomic E-state index is 12.8. The van der Waals surface area contributed by atoms with Gasteiger partial charge < -0.3 is 9.47 Å². The highest BCUT2D eigenvalue weighted by Gasteiger charge is 2.31. The van der Waals surface area contributed by atoms with Crippen molar-refractivity contribution in [1.29, 1.82) is 0 Å². The first kappa shape index (κ1) is 20.2. The van der Waals surface area contributed by atoms with E-state index in [0.29, 0.717) is 22.3 Å². The summed E-state index contributed by atoms with van der Waals surface area (Å²) in [5.74, 6) is 0.123. The molecule has 1 aromatic heterocycles. The number of thioether (sulfide) groups is 1. The molecule has 2 aromatic rings. The lowest BCUT2D eigenvalue weighted by molar-refractivity contribution is -0.130. The van der Waals surface area contributed by atoms with E-state index in [0.717, 1.165) is 48.8 Å². The van der Waals surface area contributed by atoms with Crippen LogP contribution in [0, 0.1) is 0 Å².